The first-order chi connectivity index (χ1) is 8.59. The Balaban J connectivity index is 2.07. The SMILES string of the molecule is CC1SCCCC1(O)c1cc2cc(F)ccc2o1. The number of hydrogen-bond donors (Lipinski definition) is 1. The van der Waals surface area contributed by atoms with Crippen LogP contribution in [-0.4, -0.2) is 16.1 Å². The molecule has 0 saturated carbocycles. The number of fused-ring (bicyclic) bond motifs is 1. The Labute approximate surface area is 109 Å². The number of benzene rings is 1. The van der Waals surface area contributed by atoms with Crippen LogP contribution in [0.4, 0.5) is 4.39 Å². The maximum atomic E-state index is 13.2. The molecule has 0 radical (unpaired) electrons. The highest BCUT2D eigenvalue weighted by molar-refractivity contribution is 8.00. The summed E-state index contributed by atoms with van der Waals surface area (Å²) in [5.74, 6) is 1.34. The van der Waals surface area contributed by atoms with Gasteiger partial charge in [0.1, 0.15) is 22.8 Å². The average molecular weight is 266 g/mol. The van der Waals surface area contributed by atoms with E-state index in [0.29, 0.717) is 23.2 Å². The average Bonchev–Trinajstić information content (AvgIpc) is 2.76. The molecule has 1 aliphatic heterocycles. The Hall–Kier alpha value is -1.00. The minimum Gasteiger partial charge on any atom is -0.458 e. The summed E-state index contributed by atoms with van der Waals surface area (Å²) in [6.07, 6.45) is 1.67. The maximum Gasteiger partial charge on any atom is 0.138 e. The van der Waals surface area contributed by atoms with E-state index < -0.39 is 5.60 Å². The van der Waals surface area contributed by atoms with E-state index in [1.54, 1.807) is 23.9 Å². The molecule has 1 aromatic heterocycles. The van der Waals surface area contributed by atoms with Gasteiger partial charge in [-0.15, -0.1) is 0 Å². The minimum absolute atomic E-state index is 0.0941. The Morgan fingerprint density at radius 1 is 1.44 bits per heavy atom. The standard InChI is InChI=1S/C14H15FO2S/c1-9-14(16,5-2-6-18-9)13-8-10-7-11(15)3-4-12(10)17-13/h3-4,7-9,16H,2,5-6H2,1H3. The third-order valence-corrected chi connectivity index (χ3v) is 5.06. The van der Waals surface area contributed by atoms with Crippen LogP contribution in [0.25, 0.3) is 11.0 Å². The van der Waals surface area contributed by atoms with E-state index in [1.807, 2.05) is 6.92 Å². The summed E-state index contributed by atoms with van der Waals surface area (Å²) < 4.78 is 18.9. The van der Waals surface area contributed by atoms with Crippen LogP contribution >= 0.6 is 11.8 Å². The van der Waals surface area contributed by atoms with Crippen LogP contribution < -0.4 is 0 Å². The molecule has 2 aromatic rings. The molecular weight excluding hydrogens is 251 g/mol. The molecule has 1 aliphatic rings. The second-order valence-electron chi connectivity index (χ2n) is 4.83. The molecule has 18 heavy (non-hydrogen) atoms. The number of rotatable bonds is 1. The second-order valence-corrected chi connectivity index (χ2v) is 6.28. The molecule has 2 nitrogen and oxygen atoms in total. The summed E-state index contributed by atoms with van der Waals surface area (Å²) in [4.78, 5) is 0. The topological polar surface area (TPSA) is 33.4 Å². The Bertz CT molecular complexity index is 580. The van der Waals surface area contributed by atoms with E-state index in [2.05, 4.69) is 0 Å². The zero-order valence-corrected chi connectivity index (χ0v) is 11.0. The highest BCUT2D eigenvalue weighted by Crippen LogP contribution is 2.43. The lowest BCUT2D eigenvalue weighted by Crippen LogP contribution is -2.38. The number of aliphatic hydroxyl groups is 1. The molecule has 2 unspecified atom stereocenters. The van der Waals surface area contributed by atoms with E-state index >= 15 is 0 Å². The second kappa shape index (κ2) is 4.28. The lowest BCUT2D eigenvalue weighted by atomic mass is 9.91. The van der Waals surface area contributed by atoms with Gasteiger partial charge in [-0.1, -0.05) is 6.92 Å². The Kier molecular flexibility index (Phi) is 2.87. The molecule has 96 valence electrons. The highest BCUT2D eigenvalue weighted by atomic mass is 32.2. The fourth-order valence-corrected chi connectivity index (χ4v) is 3.67. The summed E-state index contributed by atoms with van der Waals surface area (Å²) in [6.45, 7) is 2.01. The fraction of sp³-hybridized carbons (Fsp3) is 0.429. The van der Waals surface area contributed by atoms with Gasteiger partial charge in [-0.05, 0) is 42.9 Å². The van der Waals surface area contributed by atoms with Gasteiger partial charge in [0.15, 0.2) is 0 Å². The normalized spacial score (nSPS) is 28.7. The van der Waals surface area contributed by atoms with Crippen LogP contribution in [0.3, 0.4) is 0 Å². The summed E-state index contributed by atoms with van der Waals surface area (Å²) in [5.41, 5.74) is -0.305. The van der Waals surface area contributed by atoms with E-state index in [4.69, 9.17) is 4.42 Å². The summed E-state index contributed by atoms with van der Waals surface area (Å²) in [5, 5.41) is 11.6. The molecule has 0 amide bonds. The molecular formula is C14H15FO2S. The van der Waals surface area contributed by atoms with Crippen LogP contribution in [0.15, 0.2) is 28.7 Å². The van der Waals surface area contributed by atoms with Crippen LogP contribution in [0.2, 0.25) is 0 Å². The first-order valence-electron chi connectivity index (χ1n) is 6.13. The maximum absolute atomic E-state index is 13.2. The predicted molar refractivity (Wildman–Crippen MR) is 71.2 cm³/mol. The van der Waals surface area contributed by atoms with Crippen molar-refractivity contribution in [3.05, 3.63) is 35.8 Å². The third kappa shape index (κ3) is 1.84. The van der Waals surface area contributed by atoms with Gasteiger partial charge < -0.3 is 9.52 Å². The van der Waals surface area contributed by atoms with Gasteiger partial charge in [-0.3, -0.25) is 0 Å². The van der Waals surface area contributed by atoms with Crippen LogP contribution in [0, 0.1) is 5.82 Å². The number of furan rings is 1. The lowest BCUT2D eigenvalue weighted by molar-refractivity contribution is 0.00575. The highest BCUT2D eigenvalue weighted by Gasteiger charge is 2.41. The molecule has 2 atom stereocenters. The monoisotopic (exact) mass is 266 g/mol. The molecule has 1 N–H and O–H groups in total. The lowest BCUT2D eigenvalue weighted by Gasteiger charge is -2.35. The molecule has 0 bridgehead atoms. The quantitative estimate of drug-likeness (QED) is 0.855. The van der Waals surface area contributed by atoms with Crippen molar-refractivity contribution >= 4 is 22.7 Å². The zero-order chi connectivity index (χ0) is 12.8. The van der Waals surface area contributed by atoms with Gasteiger partial charge in [0.05, 0.1) is 0 Å². The largest absolute Gasteiger partial charge is 0.458 e. The smallest absolute Gasteiger partial charge is 0.138 e. The molecule has 3 rings (SSSR count). The fourth-order valence-electron chi connectivity index (χ4n) is 2.49. The van der Waals surface area contributed by atoms with E-state index in [0.717, 1.165) is 12.2 Å². The first-order valence-corrected chi connectivity index (χ1v) is 7.18. The predicted octanol–water partition coefficient (Wildman–Crippen LogP) is 3.68. The molecule has 4 heteroatoms. The van der Waals surface area contributed by atoms with E-state index in [-0.39, 0.29) is 11.1 Å². The van der Waals surface area contributed by atoms with Crippen LogP contribution in [0.5, 0.6) is 0 Å². The summed E-state index contributed by atoms with van der Waals surface area (Å²) in [7, 11) is 0. The third-order valence-electron chi connectivity index (χ3n) is 3.65. The van der Waals surface area contributed by atoms with E-state index in [1.165, 1.54) is 12.1 Å². The van der Waals surface area contributed by atoms with Crippen LogP contribution in [0.1, 0.15) is 25.5 Å². The molecule has 1 saturated heterocycles. The van der Waals surface area contributed by atoms with Crippen molar-refractivity contribution in [1.82, 2.24) is 0 Å². The molecule has 0 aliphatic carbocycles. The Morgan fingerprint density at radius 2 is 2.28 bits per heavy atom. The number of thioether (sulfide) groups is 1. The van der Waals surface area contributed by atoms with Crippen molar-refractivity contribution in [2.45, 2.75) is 30.6 Å². The van der Waals surface area contributed by atoms with Crippen LogP contribution in [-0.2, 0) is 5.60 Å². The minimum atomic E-state index is -0.932. The van der Waals surface area contributed by atoms with Crippen molar-refractivity contribution in [3.63, 3.8) is 0 Å². The van der Waals surface area contributed by atoms with Gasteiger partial charge in [0, 0.05) is 10.6 Å². The van der Waals surface area contributed by atoms with Crippen molar-refractivity contribution in [1.29, 1.82) is 0 Å². The van der Waals surface area contributed by atoms with Gasteiger partial charge in [-0.2, -0.15) is 11.8 Å². The molecule has 1 aromatic carbocycles. The number of halogens is 1. The summed E-state index contributed by atoms with van der Waals surface area (Å²) in [6, 6.07) is 6.18. The van der Waals surface area contributed by atoms with Gasteiger partial charge >= 0.3 is 0 Å². The van der Waals surface area contributed by atoms with Crippen molar-refractivity contribution in [2.24, 2.45) is 0 Å². The molecule has 1 fully saturated rings. The summed E-state index contributed by atoms with van der Waals surface area (Å²) >= 11 is 1.75. The number of hydrogen-bond acceptors (Lipinski definition) is 3. The van der Waals surface area contributed by atoms with Gasteiger partial charge in [0.2, 0.25) is 0 Å². The van der Waals surface area contributed by atoms with Gasteiger partial charge in [-0.25, -0.2) is 4.39 Å². The Morgan fingerprint density at radius 3 is 3.06 bits per heavy atom. The first kappa shape index (κ1) is 12.1. The molecule has 0 spiro atoms. The van der Waals surface area contributed by atoms with Crippen molar-refractivity contribution < 1.29 is 13.9 Å². The van der Waals surface area contributed by atoms with E-state index in [9.17, 15) is 9.50 Å². The van der Waals surface area contributed by atoms with Gasteiger partial charge in [0.25, 0.3) is 0 Å². The van der Waals surface area contributed by atoms with Crippen molar-refractivity contribution in [3.8, 4) is 0 Å². The van der Waals surface area contributed by atoms with Crippen molar-refractivity contribution in [2.75, 3.05) is 5.75 Å². The molecule has 2 heterocycles. The zero-order valence-electron chi connectivity index (χ0n) is 10.1.